The van der Waals surface area contributed by atoms with Crippen LogP contribution < -0.4 is 5.32 Å². The molecule has 4 aliphatic rings. The van der Waals surface area contributed by atoms with E-state index in [0.29, 0.717) is 11.5 Å². The minimum atomic E-state index is 0.308. The van der Waals surface area contributed by atoms with E-state index in [9.17, 15) is 0 Å². The molecule has 21 heavy (non-hydrogen) atoms. The van der Waals surface area contributed by atoms with Gasteiger partial charge in [-0.1, -0.05) is 43.7 Å². The van der Waals surface area contributed by atoms with E-state index in [1.807, 2.05) is 0 Å². The summed E-state index contributed by atoms with van der Waals surface area (Å²) >= 11 is 0. The van der Waals surface area contributed by atoms with Gasteiger partial charge in [0.15, 0.2) is 0 Å². The molecule has 1 spiro atoms. The molecule has 1 N–H and O–H groups in total. The van der Waals surface area contributed by atoms with Crippen molar-refractivity contribution in [3.05, 3.63) is 42.0 Å². The van der Waals surface area contributed by atoms with E-state index in [4.69, 9.17) is 0 Å². The van der Waals surface area contributed by atoms with Crippen LogP contribution in [0.3, 0.4) is 0 Å². The van der Waals surface area contributed by atoms with Gasteiger partial charge in [0.2, 0.25) is 0 Å². The molecule has 5 atom stereocenters. The Morgan fingerprint density at radius 2 is 2.24 bits per heavy atom. The highest BCUT2D eigenvalue weighted by molar-refractivity contribution is 5.67. The Hall–Kier alpha value is -1.28. The second kappa shape index (κ2) is 3.92. The van der Waals surface area contributed by atoms with Gasteiger partial charge in [-0.05, 0) is 42.9 Å². The molecule has 0 radical (unpaired) electrons. The number of piperidine rings is 1. The van der Waals surface area contributed by atoms with E-state index in [-0.39, 0.29) is 0 Å². The minimum absolute atomic E-state index is 0.308. The zero-order chi connectivity index (χ0) is 14.2. The first-order valence-electron chi connectivity index (χ1n) is 8.54. The normalized spacial score (nSPS) is 43.4. The Morgan fingerprint density at radius 3 is 3.10 bits per heavy atom. The van der Waals surface area contributed by atoms with Crippen LogP contribution in [0.5, 0.6) is 0 Å². The van der Waals surface area contributed by atoms with Crippen LogP contribution in [-0.4, -0.2) is 30.1 Å². The van der Waals surface area contributed by atoms with Crippen molar-refractivity contribution in [3.63, 3.8) is 0 Å². The van der Waals surface area contributed by atoms with Crippen LogP contribution in [0, 0.1) is 11.8 Å². The molecule has 110 valence electrons. The van der Waals surface area contributed by atoms with E-state index >= 15 is 0 Å². The van der Waals surface area contributed by atoms with Gasteiger partial charge in [0.25, 0.3) is 0 Å². The van der Waals surface area contributed by atoms with Crippen molar-refractivity contribution in [2.24, 2.45) is 11.8 Å². The molecule has 0 amide bonds. The molecular weight excluding hydrogens is 256 g/mol. The number of nitrogens with zero attached hydrogens (tertiary/aromatic N) is 1. The lowest BCUT2D eigenvalue weighted by molar-refractivity contribution is 0.0526. The average molecular weight is 280 g/mol. The van der Waals surface area contributed by atoms with Gasteiger partial charge in [-0.2, -0.15) is 0 Å². The number of hydrogen-bond donors (Lipinski definition) is 1. The Labute approximate surface area is 127 Å². The van der Waals surface area contributed by atoms with Crippen molar-refractivity contribution in [2.75, 3.05) is 18.4 Å². The molecule has 5 rings (SSSR count). The summed E-state index contributed by atoms with van der Waals surface area (Å²) in [5.41, 5.74) is 4.74. The van der Waals surface area contributed by atoms with Crippen LogP contribution in [-0.2, 0) is 5.41 Å². The van der Waals surface area contributed by atoms with Crippen LogP contribution in [0.25, 0.3) is 0 Å². The second-order valence-corrected chi connectivity index (χ2v) is 7.51. The average Bonchev–Trinajstić information content (AvgIpc) is 3.07. The molecule has 2 nitrogen and oxygen atoms in total. The van der Waals surface area contributed by atoms with Crippen LogP contribution in [0.1, 0.15) is 31.7 Å². The van der Waals surface area contributed by atoms with Crippen molar-refractivity contribution in [1.82, 2.24) is 4.90 Å². The number of nitrogens with one attached hydrogen (secondary N) is 1. The maximum absolute atomic E-state index is 4.59. The monoisotopic (exact) mass is 280 g/mol. The Balaban J connectivity index is 1.69. The maximum Gasteiger partial charge on any atom is 0.0587 e. The van der Waals surface area contributed by atoms with Gasteiger partial charge in [-0.15, -0.1) is 0 Å². The number of hydrogen-bond acceptors (Lipinski definition) is 2. The van der Waals surface area contributed by atoms with Gasteiger partial charge in [0, 0.05) is 23.7 Å². The van der Waals surface area contributed by atoms with E-state index in [1.54, 1.807) is 5.56 Å². The van der Waals surface area contributed by atoms with Crippen molar-refractivity contribution in [3.8, 4) is 0 Å². The molecule has 3 aliphatic heterocycles. The number of benzene rings is 1. The van der Waals surface area contributed by atoms with Gasteiger partial charge in [-0.3, -0.25) is 4.90 Å². The quantitative estimate of drug-likeness (QED) is 0.793. The second-order valence-electron chi connectivity index (χ2n) is 7.51. The lowest BCUT2D eigenvalue weighted by Crippen LogP contribution is -2.60. The molecular formula is C19H24N2. The van der Waals surface area contributed by atoms with E-state index in [1.165, 1.54) is 43.6 Å². The van der Waals surface area contributed by atoms with Crippen molar-refractivity contribution in [2.45, 2.75) is 43.7 Å². The summed E-state index contributed by atoms with van der Waals surface area (Å²) in [6, 6.07) is 10.2. The van der Waals surface area contributed by atoms with Gasteiger partial charge in [0.1, 0.15) is 0 Å². The standard InChI is InChI=1S/C19H24N2/c1-3-13-11-21-9-8-19-15-6-4-5-7-16(15)20-18(19)12(2)14(13)10-17(19)21/h4-7,13-14,17-18,20H,2-3,8-11H2,1H3/t13-,14-,17+,18+,19-/m1/s1. The number of anilines is 1. The van der Waals surface area contributed by atoms with Crippen molar-refractivity contribution >= 4 is 5.69 Å². The number of fused-ring (bicyclic) bond motifs is 2. The van der Waals surface area contributed by atoms with Gasteiger partial charge >= 0.3 is 0 Å². The SMILES string of the molecule is C=C1[C@H]2C[C@@H]3N(CC[C@@]34c3ccccc3N[C@@H]14)C[C@H]2CC. The van der Waals surface area contributed by atoms with E-state index < -0.39 is 0 Å². The Kier molecular flexibility index (Phi) is 2.29. The van der Waals surface area contributed by atoms with Crippen LogP contribution in [0.2, 0.25) is 0 Å². The summed E-state index contributed by atoms with van der Waals surface area (Å²) in [6.07, 6.45) is 3.93. The molecule has 0 aromatic heterocycles. The molecule has 3 heterocycles. The third-order valence-electron chi connectivity index (χ3n) is 6.98. The molecule has 1 aliphatic carbocycles. The van der Waals surface area contributed by atoms with Gasteiger partial charge < -0.3 is 5.32 Å². The first-order valence-corrected chi connectivity index (χ1v) is 8.54. The summed E-state index contributed by atoms with van der Waals surface area (Å²) in [6.45, 7) is 9.51. The fourth-order valence-corrected chi connectivity index (χ4v) is 6.03. The van der Waals surface area contributed by atoms with Gasteiger partial charge in [-0.25, -0.2) is 0 Å². The summed E-state index contributed by atoms with van der Waals surface area (Å²) < 4.78 is 0. The van der Waals surface area contributed by atoms with E-state index in [2.05, 4.69) is 48.0 Å². The molecule has 1 aromatic rings. The van der Waals surface area contributed by atoms with Crippen molar-refractivity contribution in [1.29, 1.82) is 0 Å². The molecule has 2 bridgehead atoms. The largest absolute Gasteiger partial charge is 0.377 e. The Morgan fingerprint density at radius 1 is 1.38 bits per heavy atom. The van der Waals surface area contributed by atoms with E-state index in [0.717, 1.165) is 17.9 Å². The first kappa shape index (κ1) is 12.3. The lowest BCUT2D eigenvalue weighted by atomic mass is 9.57. The lowest BCUT2D eigenvalue weighted by Gasteiger charge is -2.54. The third-order valence-corrected chi connectivity index (χ3v) is 6.98. The van der Waals surface area contributed by atoms with Crippen molar-refractivity contribution < 1.29 is 0 Å². The molecule has 2 saturated heterocycles. The number of rotatable bonds is 1. The highest BCUT2D eigenvalue weighted by Gasteiger charge is 2.63. The highest BCUT2D eigenvalue weighted by Crippen LogP contribution is 2.60. The number of para-hydroxylation sites is 1. The predicted molar refractivity (Wildman–Crippen MR) is 86.5 cm³/mol. The fraction of sp³-hybridized carbons (Fsp3) is 0.579. The summed E-state index contributed by atoms with van der Waals surface area (Å²) in [7, 11) is 0. The smallest absolute Gasteiger partial charge is 0.0587 e. The summed E-state index contributed by atoms with van der Waals surface area (Å²) in [5, 5.41) is 3.85. The van der Waals surface area contributed by atoms with Gasteiger partial charge in [0.05, 0.1) is 6.04 Å². The predicted octanol–water partition coefficient (Wildman–Crippen LogP) is 3.41. The molecule has 3 fully saturated rings. The molecule has 1 saturated carbocycles. The summed E-state index contributed by atoms with van der Waals surface area (Å²) in [5.74, 6) is 1.55. The molecule has 2 heteroatoms. The molecule has 1 aromatic carbocycles. The first-order chi connectivity index (χ1) is 10.3. The topological polar surface area (TPSA) is 15.3 Å². The fourth-order valence-electron chi connectivity index (χ4n) is 6.03. The van der Waals surface area contributed by atoms with Crippen LogP contribution in [0.4, 0.5) is 5.69 Å². The summed E-state index contributed by atoms with van der Waals surface area (Å²) in [4.78, 5) is 2.80. The van der Waals surface area contributed by atoms with Crippen LogP contribution >= 0.6 is 0 Å². The zero-order valence-electron chi connectivity index (χ0n) is 12.8. The van der Waals surface area contributed by atoms with Crippen LogP contribution in [0.15, 0.2) is 36.4 Å². The maximum atomic E-state index is 4.59. The Bertz CT molecular complexity index is 622. The highest BCUT2D eigenvalue weighted by atomic mass is 15.2. The third kappa shape index (κ3) is 1.29. The molecule has 0 unspecified atom stereocenters. The minimum Gasteiger partial charge on any atom is -0.377 e. The zero-order valence-corrected chi connectivity index (χ0v) is 12.8.